The van der Waals surface area contributed by atoms with E-state index in [9.17, 15) is 8.42 Å². The van der Waals surface area contributed by atoms with Crippen molar-refractivity contribution in [1.82, 2.24) is 14.5 Å². The molecule has 6 nitrogen and oxygen atoms in total. The van der Waals surface area contributed by atoms with Gasteiger partial charge in [-0.1, -0.05) is 20.8 Å². The Morgan fingerprint density at radius 2 is 2.17 bits per heavy atom. The van der Waals surface area contributed by atoms with Gasteiger partial charge in [-0.2, -0.15) is 11.8 Å². The lowest BCUT2D eigenvalue weighted by Gasteiger charge is -2.36. The highest BCUT2D eigenvalue weighted by Gasteiger charge is 2.24. The van der Waals surface area contributed by atoms with E-state index in [-0.39, 0.29) is 0 Å². The number of nitrogens with zero attached hydrogens (tertiary/aromatic N) is 3. The molecule has 0 aromatic heterocycles. The van der Waals surface area contributed by atoms with Gasteiger partial charge in [-0.05, 0) is 12.3 Å². The Balaban J connectivity index is 2.43. The third-order valence-corrected chi connectivity index (χ3v) is 6.96. The number of rotatable bonds is 7. The Bertz CT molecular complexity index is 480. The largest absolute Gasteiger partial charge is 0.356 e. The van der Waals surface area contributed by atoms with Crippen LogP contribution in [0.4, 0.5) is 0 Å². The first-order chi connectivity index (χ1) is 10.8. The third kappa shape index (κ3) is 6.89. The summed E-state index contributed by atoms with van der Waals surface area (Å²) in [7, 11) is -1.29. The molecule has 0 aliphatic carbocycles. The Labute approximate surface area is 146 Å². The van der Waals surface area contributed by atoms with Crippen LogP contribution in [0.1, 0.15) is 27.2 Å². The second-order valence-electron chi connectivity index (χ2n) is 6.18. The Morgan fingerprint density at radius 1 is 1.48 bits per heavy atom. The third-order valence-electron chi connectivity index (χ3n) is 4.04. The van der Waals surface area contributed by atoms with Gasteiger partial charge in [0.25, 0.3) is 0 Å². The van der Waals surface area contributed by atoms with Gasteiger partial charge in [0.2, 0.25) is 10.0 Å². The smallest absolute Gasteiger partial charge is 0.211 e. The minimum Gasteiger partial charge on any atom is -0.356 e. The highest BCUT2D eigenvalue weighted by Crippen LogP contribution is 2.24. The van der Waals surface area contributed by atoms with E-state index in [0.29, 0.717) is 24.3 Å². The number of thioether (sulfide) groups is 1. The summed E-state index contributed by atoms with van der Waals surface area (Å²) in [6, 6.07) is 0. The predicted octanol–water partition coefficient (Wildman–Crippen LogP) is 1.31. The number of aliphatic imine (C=N–C) groups is 1. The van der Waals surface area contributed by atoms with Gasteiger partial charge < -0.3 is 10.2 Å². The Morgan fingerprint density at radius 3 is 2.70 bits per heavy atom. The Hall–Kier alpha value is -0.470. The van der Waals surface area contributed by atoms with Gasteiger partial charge in [-0.15, -0.1) is 0 Å². The van der Waals surface area contributed by atoms with Crippen LogP contribution in [0, 0.1) is 5.92 Å². The Kier molecular flexibility index (Phi) is 8.71. The van der Waals surface area contributed by atoms with Crippen molar-refractivity contribution in [3.63, 3.8) is 0 Å². The van der Waals surface area contributed by atoms with Gasteiger partial charge in [0.1, 0.15) is 0 Å². The molecule has 1 fully saturated rings. The molecule has 0 bridgehead atoms. The minimum absolute atomic E-state index is 0.521. The maximum Gasteiger partial charge on any atom is 0.211 e. The minimum atomic E-state index is -3.10. The highest BCUT2D eigenvalue weighted by atomic mass is 32.2. The monoisotopic (exact) mass is 364 g/mol. The van der Waals surface area contributed by atoms with E-state index in [1.807, 2.05) is 25.7 Å². The van der Waals surface area contributed by atoms with Crippen LogP contribution in [0.2, 0.25) is 0 Å². The van der Waals surface area contributed by atoms with Crippen molar-refractivity contribution in [1.29, 1.82) is 0 Å². The van der Waals surface area contributed by atoms with E-state index in [1.54, 1.807) is 0 Å². The summed E-state index contributed by atoms with van der Waals surface area (Å²) >= 11 is 2.04. The van der Waals surface area contributed by atoms with Gasteiger partial charge >= 0.3 is 0 Å². The first-order valence-electron chi connectivity index (χ1n) is 8.31. The SMILES string of the molecule is CCN(CCCNC(=NC)N1CCSC(C(C)C)C1)S(C)(=O)=O. The molecular weight excluding hydrogens is 332 g/mol. The number of hydrogen-bond acceptors (Lipinski definition) is 4. The molecule has 0 radical (unpaired) electrons. The summed E-state index contributed by atoms with van der Waals surface area (Å²) < 4.78 is 24.6. The molecule has 1 rings (SSSR count). The summed E-state index contributed by atoms with van der Waals surface area (Å²) in [6.07, 6.45) is 2.04. The first kappa shape index (κ1) is 20.6. The fourth-order valence-corrected chi connectivity index (χ4v) is 4.85. The van der Waals surface area contributed by atoms with Gasteiger partial charge in [0.05, 0.1) is 6.26 Å². The highest BCUT2D eigenvalue weighted by molar-refractivity contribution is 8.00. The fourth-order valence-electron chi connectivity index (χ4n) is 2.62. The summed E-state index contributed by atoms with van der Waals surface area (Å²) in [4.78, 5) is 6.70. The summed E-state index contributed by atoms with van der Waals surface area (Å²) in [6.45, 7) is 10.2. The van der Waals surface area contributed by atoms with Gasteiger partial charge in [0.15, 0.2) is 5.96 Å². The molecule has 136 valence electrons. The standard InChI is InChI=1S/C15H32N4O2S2/c1-6-19(23(5,20)21)9-7-8-17-15(16-4)18-10-11-22-14(12-18)13(2)3/h13-14H,6-12H2,1-5H3,(H,16,17). The normalized spacial score (nSPS) is 20.4. The summed E-state index contributed by atoms with van der Waals surface area (Å²) in [5.74, 6) is 2.72. The average Bonchev–Trinajstić information content (AvgIpc) is 2.49. The molecule has 1 saturated heterocycles. The number of guanidine groups is 1. The summed E-state index contributed by atoms with van der Waals surface area (Å²) in [5, 5.41) is 4.02. The molecular formula is C15H32N4O2S2. The van der Waals surface area contributed by atoms with Crippen LogP contribution in [0.15, 0.2) is 4.99 Å². The van der Waals surface area contributed by atoms with Gasteiger partial charge in [-0.25, -0.2) is 12.7 Å². The van der Waals surface area contributed by atoms with Crippen molar-refractivity contribution < 1.29 is 8.42 Å². The zero-order valence-corrected chi connectivity index (χ0v) is 16.7. The van der Waals surface area contributed by atoms with Crippen molar-refractivity contribution in [2.75, 3.05) is 51.8 Å². The molecule has 0 spiro atoms. The maximum absolute atomic E-state index is 11.6. The second-order valence-corrected chi connectivity index (χ2v) is 9.51. The molecule has 1 heterocycles. The zero-order valence-electron chi connectivity index (χ0n) is 15.1. The molecule has 0 aromatic rings. The van der Waals surface area contributed by atoms with E-state index < -0.39 is 10.0 Å². The molecule has 1 unspecified atom stereocenters. The molecule has 1 aliphatic rings. The molecule has 0 saturated carbocycles. The van der Waals surface area contributed by atoms with Crippen LogP contribution in [0.3, 0.4) is 0 Å². The van der Waals surface area contributed by atoms with E-state index in [0.717, 1.165) is 37.8 Å². The topological polar surface area (TPSA) is 65.0 Å². The van der Waals surface area contributed by atoms with Gasteiger partial charge in [-0.3, -0.25) is 4.99 Å². The van der Waals surface area contributed by atoms with Crippen molar-refractivity contribution >= 4 is 27.7 Å². The quantitative estimate of drug-likeness (QED) is 0.419. The molecule has 23 heavy (non-hydrogen) atoms. The van der Waals surface area contributed by atoms with Crippen LogP contribution >= 0.6 is 11.8 Å². The van der Waals surface area contributed by atoms with Crippen LogP contribution in [-0.4, -0.2) is 80.6 Å². The molecule has 1 atom stereocenters. The van der Waals surface area contributed by atoms with E-state index in [4.69, 9.17) is 0 Å². The fraction of sp³-hybridized carbons (Fsp3) is 0.933. The van der Waals surface area contributed by atoms with Crippen molar-refractivity contribution in [3.05, 3.63) is 0 Å². The molecule has 0 amide bonds. The maximum atomic E-state index is 11.6. The van der Waals surface area contributed by atoms with Gasteiger partial charge in [0, 0.05) is 50.8 Å². The van der Waals surface area contributed by atoms with E-state index in [2.05, 4.69) is 29.1 Å². The van der Waals surface area contributed by atoms with Crippen LogP contribution in [0.5, 0.6) is 0 Å². The van der Waals surface area contributed by atoms with E-state index in [1.165, 1.54) is 10.6 Å². The van der Waals surface area contributed by atoms with Crippen LogP contribution in [0.25, 0.3) is 0 Å². The van der Waals surface area contributed by atoms with Crippen molar-refractivity contribution in [2.45, 2.75) is 32.4 Å². The first-order valence-corrected chi connectivity index (χ1v) is 11.2. The second kappa shape index (κ2) is 9.74. The molecule has 1 N–H and O–H groups in total. The summed E-state index contributed by atoms with van der Waals surface area (Å²) in [5.41, 5.74) is 0. The molecule has 1 aliphatic heterocycles. The number of hydrogen-bond donors (Lipinski definition) is 1. The lowest BCUT2D eigenvalue weighted by molar-refractivity contribution is 0.378. The molecule has 0 aromatic carbocycles. The van der Waals surface area contributed by atoms with Crippen LogP contribution in [-0.2, 0) is 10.0 Å². The zero-order chi connectivity index (χ0) is 17.5. The predicted molar refractivity (Wildman–Crippen MR) is 101 cm³/mol. The molecule has 8 heteroatoms. The number of nitrogens with one attached hydrogen (secondary N) is 1. The number of sulfonamides is 1. The van der Waals surface area contributed by atoms with Crippen molar-refractivity contribution in [3.8, 4) is 0 Å². The van der Waals surface area contributed by atoms with E-state index >= 15 is 0 Å². The lowest BCUT2D eigenvalue weighted by atomic mass is 10.1. The van der Waals surface area contributed by atoms with Crippen molar-refractivity contribution in [2.24, 2.45) is 10.9 Å². The average molecular weight is 365 g/mol. The van der Waals surface area contributed by atoms with Crippen LogP contribution < -0.4 is 5.32 Å². The lowest BCUT2D eigenvalue weighted by Crippen LogP contribution is -2.49.